The third-order valence-electron chi connectivity index (χ3n) is 4.73. The fraction of sp³-hybridized carbons (Fsp3) is 0.400. The summed E-state index contributed by atoms with van der Waals surface area (Å²) in [5.41, 5.74) is 4.06. The summed E-state index contributed by atoms with van der Waals surface area (Å²) in [4.78, 5) is 0. The van der Waals surface area contributed by atoms with Crippen LogP contribution >= 0.6 is 0 Å². The molecule has 0 saturated heterocycles. The molecule has 1 aliphatic rings. The predicted octanol–water partition coefficient (Wildman–Crippen LogP) is 3.87. The van der Waals surface area contributed by atoms with Gasteiger partial charge in [-0.15, -0.1) is 0 Å². The zero-order valence-corrected chi connectivity index (χ0v) is 14.3. The normalized spacial score (nSPS) is 19.0. The molecule has 0 amide bonds. The zero-order chi connectivity index (χ0) is 16.4. The van der Waals surface area contributed by atoms with Gasteiger partial charge in [0, 0.05) is 18.0 Å². The van der Waals surface area contributed by atoms with Crippen LogP contribution in [0, 0.1) is 0 Å². The van der Waals surface area contributed by atoms with Gasteiger partial charge in [0.1, 0.15) is 0 Å². The van der Waals surface area contributed by atoms with E-state index in [1.54, 1.807) is 14.2 Å². The maximum absolute atomic E-state index is 5.52. The first-order chi connectivity index (χ1) is 11.0. The fourth-order valence-electron chi connectivity index (χ4n) is 3.38. The van der Waals surface area contributed by atoms with Crippen LogP contribution in [-0.4, -0.2) is 20.8 Å². The van der Waals surface area contributed by atoms with Gasteiger partial charge in [-0.2, -0.15) is 0 Å². The summed E-state index contributed by atoms with van der Waals surface area (Å²) < 4.78 is 11.0. The van der Waals surface area contributed by atoms with Crippen LogP contribution < -0.4 is 14.8 Å². The van der Waals surface area contributed by atoms with E-state index in [1.807, 2.05) is 0 Å². The Morgan fingerprint density at radius 2 is 1.70 bits per heavy atom. The number of methoxy groups -OCH3 is 2. The molecule has 1 N–H and O–H groups in total. The summed E-state index contributed by atoms with van der Waals surface area (Å²) in [5, 5.41) is 3.71. The van der Waals surface area contributed by atoms with Crippen LogP contribution in [0.4, 0.5) is 0 Å². The molecule has 0 fully saturated rings. The van der Waals surface area contributed by atoms with Crippen molar-refractivity contribution in [1.29, 1.82) is 0 Å². The van der Waals surface area contributed by atoms with Crippen molar-refractivity contribution in [1.82, 2.24) is 5.32 Å². The minimum atomic E-state index is 0.0715. The van der Waals surface area contributed by atoms with Gasteiger partial charge in [-0.1, -0.05) is 44.2 Å². The number of hydrogen-bond donors (Lipinski definition) is 1. The Morgan fingerprint density at radius 3 is 2.35 bits per heavy atom. The van der Waals surface area contributed by atoms with Crippen LogP contribution in [0.5, 0.6) is 11.5 Å². The summed E-state index contributed by atoms with van der Waals surface area (Å²) in [6.07, 6.45) is 0.972. The standard InChI is InChI=1S/C20H25NO2/c1-20(2)13-21-17(10-14-8-6-5-7-9-14)15-11-18(22-3)19(23-4)12-16(15)20/h5-9,11-12,17,21H,10,13H2,1-4H3. The Morgan fingerprint density at radius 1 is 1.04 bits per heavy atom. The van der Waals surface area contributed by atoms with E-state index in [9.17, 15) is 0 Å². The molecule has 0 aliphatic carbocycles. The van der Waals surface area contributed by atoms with Gasteiger partial charge < -0.3 is 14.8 Å². The van der Waals surface area contributed by atoms with Gasteiger partial charge in [0.25, 0.3) is 0 Å². The molecule has 0 spiro atoms. The minimum Gasteiger partial charge on any atom is -0.493 e. The smallest absolute Gasteiger partial charge is 0.161 e. The van der Waals surface area contributed by atoms with Crippen molar-refractivity contribution in [3.63, 3.8) is 0 Å². The van der Waals surface area contributed by atoms with Crippen LogP contribution in [0.3, 0.4) is 0 Å². The third kappa shape index (κ3) is 3.06. The highest BCUT2D eigenvalue weighted by atomic mass is 16.5. The molecule has 1 atom stereocenters. The van der Waals surface area contributed by atoms with Gasteiger partial charge in [0.15, 0.2) is 11.5 Å². The molecule has 1 aliphatic heterocycles. The molecular weight excluding hydrogens is 286 g/mol. The molecule has 2 aromatic carbocycles. The van der Waals surface area contributed by atoms with E-state index in [2.05, 4.69) is 61.6 Å². The summed E-state index contributed by atoms with van der Waals surface area (Å²) in [7, 11) is 3.39. The Bertz CT molecular complexity index is 680. The molecule has 3 heteroatoms. The van der Waals surface area contributed by atoms with E-state index in [0.717, 1.165) is 24.5 Å². The molecule has 3 rings (SSSR count). The SMILES string of the molecule is COc1cc2c(cc1OC)C(C)(C)CNC2Cc1ccccc1. The first-order valence-electron chi connectivity index (χ1n) is 8.09. The molecule has 122 valence electrons. The third-order valence-corrected chi connectivity index (χ3v) is 4.73. The first kappa shape index (κ1) is 15.9. The van der Waals surface area contributed by atoms with Gasteiger partial charge in [-0.25, -0.2) is 0 Å². The van der Waals surface area contributed by atoms with Crippen LogP contribution in [0.15, 0.2) is 42.5 Å². The van der Waals surface area contributed by atoms with Crippen molar-refractivity contribution >= 4 is 0 Å². The van der Waals surface area contributed by atoms with Crippen LogP contribution in [0.1, 0.15) is 36.6 Å². The van der Waals surface area contributed by atoms with E-state index >= 15 is 0 Å². The minimum absolute atomic E-state index is 0.0715. The Kier molecular flexibility index (Phi) is 4.31. The highest BCUT2D eigenvalue weighted by molar-refractivity contribution is 5.52. The number of benzene rings is 2. The molecule has 0 radical (unpaired) electrons. The molecule has 0 bridgehead atoms. The molecule has 0 saturated carbocycles. The van der Waals surface area contributed by atoms with Crippen molar-refractivity contribution in [3.05, 3.63) is 59.2 Å². The molecular formula is C20H25NO2. The average molecular weight is 311 g/mol. The number of fused-ring (bicyclic) bond motifs is 1. The lowest BCUT2D eigenvalue weighted by Gasteiger charge is -2.38. The van der Waals surface area contributed by atoms with Gasteiger partial charge in [-0.05, 0) is 35.2 Å². The van der Waals surface area contributed by atoms with Crippen molar-refractivity contribution in [2.75, 3.05) is 20.8 Å². The largest absolute Gasteiger partial charge is 0.493 e. The van der Waals surface area contributed by atoms with E-state index < -0.39 is 0 Å². The van der Waals surface area contributed by atoms with Crippen molar-refractivity contribution in [3.8, 4) is 11.5 Å². The lowest BCUT2D eigenvalue weighted by Crippen LogP contribution is -2.42. The Labute approximate surface area is 138 Å². The lowest BCUT2D eigenvalue weighted by molar-refractivity contribution is 0.341. The van der Waals surface area contributed by atoms with Crippen LogP contribution in [0.25, 0.3) is 0 Å². The highest BCUT2D eigenvalue weighted by Gasteiger charge is 2.33. The summed E-state index contributed by atoms with van der Waals surface area (Å²) >= 11 is 0. The van der Waals surface area contributed by atoms with Crippen molar-refractivity contribution in [2.45, 2.75) is 31.7 Å². The predicted molar refractivity (Wildman–Crippen MR) is 93.5 cm³/mol. The van der Waals surface area contributed by atoms with Gasteiger partial charge in [-0.3, -0.25) is 0 Å². The summed E-state index contributed by atoms with van der Waals surface area (Å²) in [6.45, 7) is 5.49. The molecule has 2 aromatic rings. The molecule has 0 aromatic heterocycles. The van der Waals surface area contributed by atoms with Gasteiger partial charge in [0.05, 0.1) is 14.2 Å². The summed E-state index contributed by atoms with van der Waals surface area (Å²) in [6, 6.07) is 15.2. The molecule has 3 nitrogen and oxygen atoms in total. The number of rotatable bonds is 4. The van der Waals surface area contributed by atoms with Crippen LogP contribution in [-0.2, 0) is 11.8 Å². The number of ether oxygens (including phenoxy) is 2. The maximum atomic E-state index is 5.52. The second kappa shape index (κ2) is 6.25. The Hall–Kier alpha value is -2.00. The topological polar surface area (TPSA) is 30.5 Å². The second-order valence-electron chi connectivity index (χ2n) is 6.80. The lowest BCUT2D eigenvalue weighted by atomic mass is 9.75. The fourth-order valence-corrected chi connectivity index (χ4v) is 3.38. The van der Waals surface area contributed by atoms with Gasteiger partial charge in [0.2, 0.25) is 0 Å². The number of hydrogen-bond acceptors (Lipinski definition) is 3. The van der Waals surface area contributed by atoms with E-state index in [1.165, 1.54) is 16.7 Å². The maximum Gasteiger partial charge on any atom is 0.161 e. The van der Waals surface area contributed by atoms with Gasteiger partial charge >= 0.3 is 0 Å². The van der Waals surface area contributed by atoms with E-state index in [-0.39, 0.29) is 5.41 Å². The second-order valence-corrected chi connectivity index (χ2v) is 6.80. The van der Waals surface area contributed by atoms with Crippen LogP contribution in [0.2, 0.25) is 0 Å². The van der Waals surface area contributed by atoms with E-state index in [0.29, 0.717) is 6.04 Å². The monoisotopic (exact) mass is 311 g/mol. The highest BCUT2D eigenvalue weighted by Crippen LogP contribution is 2.42. The van der Waals surface area contributed by atoms with Crippen molar-refractivity contribution in [2.24, 2.45) is 0 Å². The molecule has 1 unspecified atom stereocenters. The van der Waals surface area contributed by atoms with E-state index in [4.69, 9.17) is 9.47 Å². The quantitative estimate of drug-likeness (QED) is 0.930. The Balaban J connectivity index is 2.03. The zero-order valence-electron chi connectivity index (χ0n) is 14.3. The average Bonchev–Trinajstić information content (AvgIpc) is 2.57. The number of nitrogens with one attached hydrogen (secondary N) is 1. The summed E-state index contributed by atoms with van der Waals surface area (Å²) in [5.74, 6) is 1.60. The molecule has 23 heavy (non-hydrogen) atoms. The first-order valence-corrected chi connectivity index (χ1v) is 8.09. The van der Waals surface area contributed by atoms with Crippen molar-refractivity contribution < 1.29 is 9.47 Å². The molecule has 1 heterocycles.